The molecule has 0 atom stereocenters. The molecule has 0 radical (unpaired) electrons. The Balaban J connectivity index is 1.40. The van der Waals surface area contributed by atoms with E-state index in [2.05, 4.69) is 16.0 Å². The molecule has 1 aliphatic carbocycles. The van der Waals surface area contributed by atoms with Crippen molar-refractivity contribution in [1.82, 2.24) is 5.32 Å². The Morgan fingerprint density at radius 2 is 1.57 bits per heavy atom. The number of hydrogen-bond acceptors (Lipinski definition) is 4. The summed E-state index contributed by atoms with van der Waals surface area (Å²) in [5.41, 5.74) is 1.53. The van der Waals surface area contributed by atoms with Gasteiger partial charge in [0.15, 0.2) is 0 Å². The maximum absolute atomic E-state index is 12.8. The Morgan fingerprint density at radius 3 is 2.21 bits per heavy atom. The van der Waals surface area contributed by atoms with Crippen molar-refractivity contribution in [1.29, 1.82) is 0 Å². The van der Waals surface area contributed by atoms with Crippen LogP contribution in [0.4, 0.5) is 15.8 Å². The van der Waals surface area contributed by atoms with E-state index >= 15 is 0 Å². The Morgan fingerprint density at radius 1 is 0.929 bits per heavy atom. The fourth-order valence-electron chi connectivity index (χ4n) is 2.40. The summed E-state index contributed by atoms with van der Waals surface area (Å²) in [6.45, 7) is 0. The van der Waals surface area contributed by atoms with E-state index in [9.17, 15) is 18.8 Å². The maximum Gasteiger partial charge on any atom is 0.251 e. The molecule has 3 N–H and O–H groups in total. The molecule has 8 heteroatoms. The highest BCUT2D eigenvalue weighted by molar-refractivity contribution is 8.00. The normalized spacial score (nSPS) is 12.9. The molecule has 0 aromatic heterocycles. The highest BCUT2D eigenvalue weighted by Gasteiger charge is 2.23. The van der Waals surface area contributed by atoms with Gasteiger partial charge in [0.25, 0.3) is 5.91 Å². The lowest BCUT2D eigenvalue weighted by Gasteiger charge is -2.08. The third-order valence-electron chi connectivity index (χ3n) is 3.92. The Hall–Kier alpha value is -2.87. The van der Waals surface area contributed by atoms with Gasteiger partial charge in [-0.1, -0.05) is 6.07 Å². The zero-order valence-electron chi connectivity index (χ0n) is 15.0. The average Bonchev–Trinajstić information content (AvgIpc) is 3.48. The number of thioether (sulfide) groups is 1. The number of carbonyl (C=O) groups excluding carboxylic acids is 3. The molecule has 0 bridgehead atoms. The summed E-state index contributed by atoms with van der Waals surface area (Å²) in [5, 5.41) is 8.25. The van der Waals surface area contributed by atoms with Crippen LogP contribution in [0.15, 0.2) is 48.5 Å². The van der Waals surface area contributed by atoms with E-state index in [0.29, 0.717) is 16.9 Å². The molecule has 28 heavy (non-hydrogen) atoms. The van der Waals surface area contributed by atoms with Crippen LogP contribution in [0.5, 0.6) is 0 Å². The molecule has 146 valence electrons. The zero-order chi connectivity index (χ0) is 19.9. The predicted octanol–water partition coefficient (Wildman–Crippen LogP) is 3.03. The van der Waals surface area contributed by atoms with Crippen molar-refractivity contribution in [3.05, 3.63) is 59.9 Å². The lowest BCUT2D eigenvalue weighted by Crippen LogP contribution is -2.25. The summed E-state index contributed by atoms with van der Waals surface area (Å²) in [5.74, 6) is -0.879. The van der Waals surface area contributed by atoms with Crippen molar-refractivity contribution < 1.29 is 18.8 Å². The van der Waals surface area contributed by atoms with Crippen LogP contribution < -0.4 is 16.0 Å². The second kappa shape index (κ2) is 9.36. The van der Waals surface area contributed by atoms with E-state index in [1.807, 2.05) is 0 Å². The van der Waals surface area contributed by atoms with Gasteiger partial charge < -0.3 is 16.0 Å². The maximum atomic E-state index is 12.8. The van der Waals surface area contributed by atoms with Crippen LogP contribution in [0.2, 0.25) is 0 Å². The Labute approximate surface area is 166 Å². The summed E-state index contributed by atoms with van der Waals surface area (Å²) in [6, 6.07) is 12.5. The van der Waals surface area contributed by atoms with Crippen LogP contribution in [0.25, 0.3) is 0 Å². The SMILES string of the molecule is O=C(CSCC(=O)Nc1cccc(C(=O)NC2CC2)c1)Nc1ccc(F)cc1. The number of carbonyl (C=O) groups is 3. The minimum Gasteiger partial charge on any atom is -0.349 e. The van der Waals surface area contributed by atoms with Gasteiger partial charge in [-0.25, -0.2) is 4.39 Å². The summed E-state index contributed by atoms with van der Waals surface area (Å²) in [7, 11) is 0. The average molecular weight is 401 g/mol. The standard InChI is InChI=1S/C20H20FN3O3S/c21-14-4-6-15(7-5-14)22-18(25)11-28-12-19(26)23-17-3-1-2-13(10-17)20(27)24-16-8-9-16/h1-7,10,16H,8-9,11-12H2,(H,22,25)(H,23,26)(H,24,27). The molecule has 6 nitrogen and oxygen atoms in total. The molecule has 1 saturated carbocycles. The van der Waals surface area contributed by atoms with Gasteiger partial charge in [-0.05, 0) is 55.3 Å². The van der Waals surface area contributed by atoms with Crippen molar-refractivity contribution in [2.24, 2.45) is 0 Å². The lowest BCUT2D eigenvalue weighted by atomic mass is 10.2. The first kappa shape index (κ1) is 19.9. The molecule has 2 aromatic rings. The summed E-state index contributed by atoms with van der Waals surface area (Å²) >= 11 is 1.16. The smallest absolute Gasteiger partial charge is 0.251 e. The van der Waals surface area contributed by atoms with Crippen LogP contribution >= 0.6 is 11.8 Å². The topological polar surface area (TPSA) is 87.3 Å². The van der Waals surface area contributed by atoms with Gasteiger partial charge in [-0.3, -0.25) is 14.4 Å². The number of rotatable bonds is 8. The molecule has 1 aliphatic rings. The molecule has 0 unspecified atom stereocenters. The quantitative estimate of drug-likeness (QED) is 0.635. The fraction of sp³-hybridized carbons (Fsp3) is 0.250. The summed E-state index contributed by atoms with van der Waals surface area (Å²) < 4.78 is 12.8. The summed E-state index contributed by atoms with van der Waals surface area (Å²) in [4.78, 5) is 36.0. The van der Waals surface area contributed by atoms with E-state index in [-0.39, 0.29) is 41.1 Å². The van der Waals surface area contributed by atoms with E-state index in [0.717, 1.165) is 24.6 Å². The highest BCUT2D eigenvalue weighted by Crippen LogP contribution is 2.20. The molecule has 3 amide bonds. The first-order valence-corrected chi connectivity index (χ1v) is 9.99. The van der Waals surface area contributed by atoms with Crippen LogP contribution in [0, 0.1) is 5.82 Å². The van der Waals surface area contributed by atoms with E-state index in [4.69, 9.17) is 0 Å². The number of benzene rings is 2. The van der Waals surface area contributed by atoms with E-state index in [1.54, 1.807) is 24.3 Å². The molecule has 1 fully saturated rings. The second-order valence-corrected chi connectivity index (χ2v) is 7.41. The minimum absolute atomic E-state index is 0.0919. The molecule has 0 saturated heterocycles. The fourth-order valence-corrected chi connectivity index (χ4v) is 3.02. The molecular formula is C20H20FN3O3S. The lowest BCUT2D eigenvalue weighted by molar-refractivity contribution is -0.114. The largest absolute Gasteiger partial charge is 0.349 e. The monoisotopic (exact) mass is 401 g/mol. The van der Waals surface area contributed by atoms with Gasteiger partial charge in [-0.15, -0.1) is 11.8 Å². The van der Waals surface area contributed by atoms with Crippen molar-refractivity contribution >= 4 is 40.9 Å². The van der Waals surface area contributed by atoms with Crippen molar-refractivity contribution in [3.8, 4) is 0 Å². The van der Waals surface area contributed by atoms with Crippen LogP contribution in [-0.2, 0) is 9.59 Å². The van der Waals surface area contributed by atoms with Crippen molar-refractivity contribution in [3.63, 3.8) is 0 Å². The number of halogens is 1. The van der Waals surface area contributed by atoms with Crippen LogP contribution in [-0.4, -0.2) is 35.3 Å². The number of nitrogens with one attached hydrogen (secondary N) is 3. The first-order valence-electron chi connectivity index (χ1n) is 8.83. The van der Waals surface area contributed by atoms with Gasteiger partial charge in [0.2, 0.25) is 11.8 Å². The van der Waals surface area contributed by atoms with Gasteiger partial charge in [0, 0.05) is 23.0 Å². The molecule has 0 heterocycles. The molecule has 0 aliphatic heterocycles. The molecular weight excluding hydrogens is 381 g/mol. The number of anilines is 2. The second-order valence-electron chi connectivity index (χ2n) is 6.42. The van der Waals surface area contributed by atoms with Crippen LogP contribution in [0.3, 0.4) is 0 Å². The Kier molecular flexibility index (Phi) is 6.65. The van der Waals surface area contributed by atoms with Crippen LogP contribution in [0.1, 0.15) is 23.2 Å². The minimum atomic E-state index is -0.377. The van der Waals surface area contributed by atoms with Gasteiger partial charge in [0.1, 0.15) is 5.82 Å². The van der Waals surface area contributed by atoms with E-state index in [1.165, 1.54) is 24.3 Å². The molecule has 3 rings (SSSR count). The highest BCUT2D eigenvalue weighted by atomic mass is 32.2. The zero-order valence-corrected chi connectivity index (χ0v) is 15.9. The molecule has 2 aromatic carbocycles. The van der Waals surface area contributed by atoms with E-state index < -0.39 is 0 Å². The van der Waals surface area contributed by atoms with Gasteiger partial charge in [0.05, 0.1) is 11.5 Å². The first-order chi connectivity index (χ1) is 13.5. The number of hydrogen-bond donors (Lipinski definition) is 3. The number of amides is 3. The Bertz CT molecular complexity index is 869. The van der Waals surface area contributed by atoms with Gasteiger partial charge >= 0.3 is 0 Å². The summed E-state index contributed by atoms with van der Waals surface area (Å²) in [6.07, 6.45) is 2.02. The third-order valence-corrected chi connectivity index (χ3v) is 4.85. The van der Waals surface area contributed by atoms with Gasteiger partial charge in [-0.2, -0.15) is 0 Å². The van der Waals surface area contributed by atoms with Crippen molar-refractivity contribution in [2.75, 3.05) is 22.1 Å². The van der Waals surface area contributed by atoms with Crippen molar-refractivity contribution in [2.45, 2.75) is 18.9 Å². The predicted molar refractivity (Wildman–Crippen MR) is 108 cm³/mol. The molecule has 0 spiro atoms. The third kappa shape index (κ3) is 6.38.